The summed E-state index contributed by atoms with van der Waals surface area (Å²) in [6.07, 6.45) is 1.86. The van der Waals surface area contributed by atoms with E-state index in [2.05, 4.69) is 0 Å². The Labute approximate surface area is 112 Å². The van der Waals surface area contributed by atoms with Gasteiger partial charge in [0.15, 0.2) is 0 Å². The quantitative estimate of drug-likeness (QED) is 0.902. The summed E-state index contributed by atoms with van der Waals surface area (Å²) >= 11 is 0. The number of hydrogen-bond donors (Lipinski definition) is 1. The number of carbonyl (C=O) groups is 1. The standard InChI is InChI=1S/C14H19FN2O2/c1-19-9-11-7-10(4-5-13(11)15)14(18)17-6-2-3-12(16)8-17/h4-5,7,12H,2-3,6,8-9,16H2,1H3. The number of hydrogen-bond acceptors (Lipinski definition) is 3. The molecule has 1 heterocycles. The summed E-state index contributed by atoms with van der Waals surface area (Å²) in [5.41, 5.74) is 6.76. The lowest BCUT2D eigenvalue weighted by molar-refractivity contribution is 0.0708. The van der Waals surface area contributed by atoms with Crippen molar-refractivity contribution in [1.82, 2.24) is 4.90 Å². The first kappa shape index (κ1) is 14.0. The highest BCUT2D eigenvalue weighted by atomic mass is 19.1. The second-order valence-electron chi connectivity index (χ2n) is 4.89. The number of benzene rings is 1. The van der Waals surface area contributed by atoms with Crippen molar-refractivity contribution in [2.45, 2.75) is 25.5 Å². The Morgan fingerprint density at radius 3 is 3.05 bits per heavy atom. The number of halogens is 1. The van der Waals surface area contributed by atoms with Crippen LogP contribution in [0.2, 0.25) is 0 Å². The number of carbonyl (C=O) groups excluding carboxylic acids is 1. The Bertz CT molecular complexity index is 465. The number of ether oxygens (including phenoxy) is 1. The van der Waals surface area contributed by atoms with Gasteiger partial charge in [-0.05, 0) is 31.0 Å². The van der Waals surface area contributed by atoms with Gasteiger partial charge in [-0.1, -0.05) is 0 Å². The first-order valence-electron chi connectivity index (χ1n) is 6.44. The summed E-state index contributed by atoms with van der Waals surface area (Å²) in [4.78, 5) is 14.1. The fraction of sp³-hybridized carbons (Fsp3) is 0.500. The molecule has 1 aromatic rings. The molecule has 1 saturated heterocycles. The maximum atomic E-state index is 13.5. The van der Waals surface area contributed by atoms with Gasteiger partial charge in [0.2, 0.25) is 0 Å². The van der Waals surface area contributed by atoms with Crippen molar-refractivity contribution in [3.63, 3.8) is 0 Å². The Balaban J connectivity index is 2.16. The van der Waals surface area contributed by atoms with E-state index in [1.54, 1.807) is 11.0 Å². The van der Waals surface area contributed by atoms with Crippen molar-refractivity contribution >= 4 is 5.91 Å². The Morgan fingerprint density at radius 1 is 1.58 bits per heavy atom. The van der Waals surface area contributed by atoms with E-state index < -0.39 is 0 Å². The van der Waals surface area contributed by atoms with Crippen LogP contribution in [-0.4, -0.2) is 37.0 Å². The monoisotopic (exact) mass is 266 g/mol. The van der Waals surface area contributed by atoms with Gasteiger partial charge in [-0.3, -0.25) is 4.79 Å². The minimum absolute atomic E-state index is 0.0385. The first-order chi connectivity index (χ1) is 9.11. The van der Waals surface area contributed by atoms with Gasteiger partial charge in [-0.25, -0.2) is 4.39 Å². The molecular weight excluding hydrogens is 247 g/mol. The van der Waals surface area contributed by atoms with Crippen LogP contribution in [0, 0.1) is 5.82 Å². The number of nitrogens with two attached hydrogens (primary N) is 1. The molecule has 0 aromatic heterocycles. The number of nitrogens with zero attached hydrogens (tertiary/aromatic N) is 1. The molecule has 4 nitrogen and oxygen atoms in total. The molecule has 1 aromatic carbocycles. The van der Waals surface area contributed by atoms with E-state index in [1.807, 2.05) is 0 Å². The molecule has 1 fully saturated rings. The van der Waals surface area contributed by atoms with E-state index in [-0.39, 0.29) is 24.4 Å². The Hall–Kier alpha value is -1.46. The molecule has 0 saturated carbocycles. The molecule has 5 heteroatoms. The predicted octanol–water partition coefficient (Wildman–Crippen LogP) is 1.54. The summed E-state index contributed by atoms with van der Waals surface area (Å²) in [6.45, 7) is 1.44. The number of rotatable bonds is 3. The lowest BCUT2D eigenvalue weighted by Crippen LogP contribution is -2.45. The summed E-state index contributed by atoms with van der Waals surface area (Å²) in [5, 5.41) is 0. The van der Waals surface area contributed by atoms with Crippen LogP contribution in [-0.2, 0) is 11.3 Å². The van der Waals surface area contributed by atoms with E-state index in [0.29, 0.717) is 24.2 Å². The van der Waals surface area contributed by atoms with Crippen LogP contribution in [0.15, 0.2) is 18.2 Å². The van der Waals surface area contributed by atoms with Crippen LogP contribution in [0.4, 0.5) is 4.39 Å². The zero-order valence-electron chi connectivity index (χ0n) is 11.1. The summed E-state index contributed by atoms with van der Waals surface area (Å²) in [5.74, 6) is -0.443. The van der Waals surface area contributed by atoms with Crippen molar-refractivity contribution in [1.29, 1.82) is 0 Å². The second-order valence-corrected chi connectivity index (χ2v) is 4.89. The zero-order chi connectivity index (χ0) is 13.8. The first-order valence-corrected chi connectivity index (χ1v) is 6.44. The van der Waals surface area contributed by atoms with E-state index >= 15 is 0 Å². The van der Waals surface area contributed by atoms with E-state index in [0.717, 1.165) is 12.8 Å². The molecule has 2 rings (SSSR count). The highest BCUT2D eigenvalue weighted by Crippen LogP contribution is 2.16. The highest BCUT2D eigenvalue weighted by Gasteiger charge is 2.22. The van der Waals surface area contributed by atoms with Gasteiger partial charge in [-0.2, -0.15) is 0 Å². The van der Waals surface area contributed by atoms with Crippen LogP contribution < -0.4 is 5.73 Å². The molecule has 19 heavy (non-hydrogen) atoms. The Morgan fingerprint density at radius 2 is 2.37 bits per heavy atom. The molecule has 104 valence electrons. The SMILES string of the molecule is COCc1cc(C(=O)N2CCCC(N)C2)ccc1F. The molecule has 1 amide bonds. The molecule has 0 spiro atoms. The maximum Gasteiger partial charge on any atom is 0.253 e. The molecule has 1 aliphatic rings. The van der Waals surface area contributed by atoms with Crippen LogP contribution in [0.3, 0.4) is 0 Å². The number of piperidine rings is 1. The number of amides is 1. The Kier molecular flexibility index (Phi) is 4.50. The van der Waals surface area contributed by atoms with Gasteiger partial charge in [0.1, 0.15) is 5.82 Å². The van der Waals surface area contributed by atoms with Gasteiger partial charge in [0, 0.05) is 37.4 Å². The van der Waals surface area contributed by atoms with Crippen LogP contribution in [0.1, 0.15) is 28.8 Å². The van der Waals surface area contributed by atoms with Gasteiger partial charge >= 0.3 is 0 Å². The van der Waals surface area contributed by atoms with Crippen molar-refractivity contribution in [3.05, 3.63) is 35.1 Å². The molecule has 0 bridgehead atoms. The summed E-state index contributed by atoms with van der Waals surface area (Å²) in [6, 6.07) is 4.42. The van der Waals surface area contributed by atoms with Gasteiger partial charge < -0.3 is 15.4 Å². The predicted molar refractivity (Wildman–Crippen MR) is 70.2 cm³/mol. The lowest BCUT2D eigenvalue weighted by Gasteiger charge is -2.30. The van der Waals surface area contributed by atoms with Gasteiger partial charge in [0.05, 0.1) is 6.61 Å². The van der Waals surface area contributed by atoms with Crippen molar-refractivity contribution in [3.8, 4) is 0 Å². The second kappa shape index (κ2) is 6.12. The molecule has 1 atom stereocenters. The number of likely N-dealkylation sites (tertiary alicyclic amines) is 1. The molecular formula is C14H19FN2O2. The van der Waals surface area contributed by atoms with Crippen molar-refractivity contribution in [2.24, 2.45) is 5.73 Å². The molecule has 0 radical (unpaired) electrons. The van der Waals surface area contributed by atoms with Crippen molar-refractivity contribution < 1.29 is 13.9 Å². The van der Waals surface area contributed by atoms with E-state index in [9.17, 15) is 9.18 Å². The molecule has 2 N–H and O–H groups in total. The zero-order valence-corrected chi connectivity index (χ0v) is 11.1. The van der Waals surface area contributed by atoms with Crippen molar-refractivity contribution in [2.75, 3.05) is 20.2 Å². The minimum Gasteiger partial charge on any atom is -0.380 e. The smallest absolute Gasteiger partial charge is 0.253 e. The third-order valence-corrected chi connectivity index (χ3v) is 3.34. The lowest BCUT2D eigenvalue weighted by atomic mass is 10.0. The topological polar surface area (TPSA) is 55.6 Å². The van der Waals surface area contributed by atoms with Crippen LogP contribution >= 0.6 is 0 Å². The van der Waals surface area contributed by atoms with Gasteiger partial charge in [-0.15, -0.1) is 0 Å². The molecule has 1 unspecified atom stereocenters. The largest absolute Gasteiger partial charge is 0.380 e. The molecule has 1 aliphatic heterocycles. The normalized spacial score (nSPS) is 19.5. The molecule has 0 aliphatic carbocycles. The summed E-state index contributed by atoms with van der Waals surface area (Å²) in [7, 11) is 1.50. The third-order valence-electron chi connectivity index (χ3n) is 3.34. The third kappa shape index (κ3) is 3.30. The van der Waals surface area contributed by atoms with Gasteiger partial charge in [0.25, 0.3) is 5.91 Å². The average molecular weight is 266 g/mol. The summed E-state index contributed by atoms with van der Waals surface area (Å²) < 4.78 is 18.4. The van der Waals surface area contributed by atoms with Crippen LogP contribution in [0.25, 0.3) is 0 Å². The highest BCUT2D eigenvalue weighted by molar-refractivity contribution is 5.94. The van der Waals surface area contributed by atoms with E-state index in [4.69, 9.17) is 10.5 Å². The van der Waals surface area contributed by atoms with Crippen LogP contribution in [0.5, 0.6) is 0 Å². The fourth-order valence-electron chi connectivity index (χ4n) is 2.35. The number of methoxy groups -OCH3 is 1. The minimum atomic E-state index is -0.353. The van der Waals surface area contributed by atoms with E-state index in [1.165, 1.54) is 19.2 Å². The maximum absolute atomic E-state index is 13.5. The fourth-order valence-corrected chi connectivity index (χ4v) is 2.35. The average Bonchev–Trinajstić information content (AvgIpc) is 2.41.